The zero-order valence-corrected chi connectivity index (χ0v) is 11.6. The largest absolute Gasteiger partial charge is 0.497 e. The van der Waals surface area contributed by atoms with Crippen molar-refractivity contribution in [3.05, 3.63) is 47.5 Å². The first kappa shape index (κ1) is 13.9. The van der Waals surface area contributed by atoms with Crippen LogP contribution in [0.5, 0.6) is 11.5 Å². The van der Waals surface area contributed by atoms with E-state index < -0.39 is 5.97 Å². The van der Waals surface area contributed by atoms with Gasteiger partial charge in [-0.15, -0.1) is 0 Å². The lowest BCUT2D eigenvalue weighted by molar-refractivity contribution is 0.0696. The molecular formula is C16H16O4. The molecule has 4 nitrogen and oxygen atoms in total. The summed E-state index contributed by atoms with van der Waals surface area (Å²) in [5.41, 5.74) is 3.08. The highest BCUT2D eigenvalue weighted by atomic mass is 16.5. The summed E-state index contributed by atoms with van der Waals surface area (Å²) < 4.78 is 10.5. The maximum atomic E-state index is 11.0. The lowest BCUT2D eigenvalue weighted by Gasteiger charge is -2.13. The van der Waals surface area contributed by atoms with Crippen LogP contribution in [-0.4, -0.2) is 25.3 Å². The Morgan fingerprint density at radius 2 is 1.70 bits per heavy atom. The fourth-order valence-electron chi connectivity index (χ4n) is 2.11. The minimum Gasteiger partial charge on any atom is -0.497 e. The van der Waals surface area contributed by atoms with Gasteiger partial charge in [-0.1, -0.05) is 6.07 Å². The molecule has 0 heterocycles. The summed E-state index contributed by atoms with van der Waals surface area (Å²) in [5.74, 6) is 0.354. The van der Waals surface area contributed by atoms with E-state index in [9.17, 15) is 4.79 Å². The molecule has 0 saturated heterocycles. The summed E-state index contributed by atoms with van der Waals surface area (Å²) in [7, 11) is 3.15. The van der Waals surface area contributed by atoms with E-state index in [1.165, 1.54) is 13.2 Å². The van der Waals surface area contributed by atoms with Gasteiger partial charge < -0.3 is 14.6 Å². The van der Waals surface area contributed by atoms with E-state index in [0.29, 0.717) is 5.75 Å². The second-order valence-corrected chi connectivity index (χ2v) is 4.40. The standard InChI is InChI=1S/C16H16O4/c1-10-8-12(19-2)5-7-13(10)14-6-4-11(16(17)18)9-15(14)20-3/h4-9H,1-3H3,(H,17,18). The summed E-state index contributed by atoms with van der Waals surface area (Å²) in [6.07, 6.45) is 0. The molecule has 0 fully saturated rings. The van der Waals surface area contributed by atoms with Gasteiger partial charge >= 0.3 is 5.97 Å². The highest BCUT2D eigenvalue weighted by molar-refractivity contribution is 5.90. The van der Waals surface area contributed by atoms with Crippen LogP contribution >= 0.6 is 0 Å². The van der Waals surface area contributed by atoms with Crippen LogP contribution in [0.2, 0.25) is 0 Å². The Labute approximate surface area is 117 Å². The van der Waals surface area contributed by atoms with Crippen LogP contribution in [0.3, 0.4) is 0 Å². The molecule has 4 heteroatoms. The topological polar surface area (TPSA) is 55.8 Å². The molecule has 0 atom stereocenters. The first-order valence-corrected chi connectivity index (χ1v) is 6.13. The number of carboxylic acids is 1. The van der Waals surface area contributed by atoms with E-state index in [1.807, 2.05) is 25.1 Å². The number of methoxy groups -OCH3 is 2. The molecule has 2 aromatic rings. The molecule has 2 rings (SSSR count). The lowest BCUT2D eigenvalue weighted by atomic mass is 9.98. The molecule has 0 radical (unpaired) electrons. The van der Waals surface area contributed by atoms with E-state index >= 15 is 0 Å². The van der Waals surface area contributed by atoms with Gasteiger partial charge in [0.15, 0.2) is 0 Å². The molecule has 1 N–H and O–H groups in total. The van der Waals surface area contributed by atoms with Crippen LogP contribution in [0.25, 0.3) is 11.1 Å². The van der Waals surface area contributed by atoms with Crippen LogP contribution in [0.15, 0.2) is 36.4 Å². The molecule has 2 aromatic carbocycles. The van der Waals surface area contributed by atoms with Crippen molar-refractivity contribution in [2.24, 2.45) is 0 Å². The van der Waals surface area contributed by atoms with Crippen molar-refractivity contribution >= 4 is 5.97 Å². The first-order chi connectivity index (χ1) is 9.56. The third-order valence-corrected chi connectivity index (χ3v) is 3.17. The van der Waals surface area contributed by atoms with Gasteiger partial charge in [-0.2, -0.15) is 0 Å². The maximum absolute atomic E-state index is 11.0. The van der Waals surface area contributed by atoms with Crippen molar-refractivity contribution in [1.29, 1.82) is 0 Å². The predicted molar refractivity (Wildman–Crippen MR) is 76.7 cm³/mol. The smallest absolute Gasteiger partial charge is 0.335 e. The Hall–Kier alpha value is -2.49. The second-order valence-electron chi connectivity index (χ2n) is 4.40. The van der Waals surface area contributed by atoms with Gasteiger partial charge in [0.05, 0.1) is 19.8 Å². The molecule has 0 unspecified atom stereocenters. The Morgan fingerprint density at radius 3 is 2.25 bits per heavy atom. The Balaban J connectivity index is 2.54. The van der Waals surface area contributed by atoms with Crippen LogP contribution in [0.1, 0.15) is 15.9 Å². The fourth-order valence-corrected chi connectivity index (χ4v) is 2.11. The van der Waals surface area contributed by atoms with E-state index in [4.69, 9.17) is 14.6 Å². The molecule has 104 valence electrons. The SMILES string of the molecule is COc1ccc(-c2ccc(C(=O)O)cc2OC)c(C)c1. The van der Waals surface area contributed by atoms with Crippen molar-refractivity contribution in [2.45, 2.75) is 6.92 Å². The van der Waals surface area contributed by atoms with Crippen molar-refractivity contribution in [2.75, 3.05) is 14.2 Å². The third kappa shape index (κ3) is 2.59. The number of aryl methyl sites for hydroxylation is 1. The number of ether oxygens (including phenoxy) is 2. The molecule has 0 aliphatic carbocycles. The zero-order valence-electron chi connectivity index (χ0n) is 11.6. The molecule has 0 aliphatic rings. The quantitative estimate of drug-likeness (QED) is 0.927. The number of benzene rings is 2. The van der Waals surface area contributed by atoms with Gasteiger partial charge in [-0.25, -0.2) is 4.79 Å². The summed E-state index contributed by atoms with van der Waals surface area (Å²) in [5, 5.41) is 9.02. The minimum atomic E-state index is -0.971. The van der Waals surface area contributed by atoms with Gasteiger partial charge in [0.1, 0.15) is 11.5 Å². The number of rotatable bonds is 4. The number of hydrogen-bond acceptors (Lipinski definition) is 3. The number of carboxylic acid groups (broad SMARTS) is 1. The summed E-state index contributed by atoms with van der Waals surface area (Å²) in [6, 6.07) is 10.6. The van der Waals surface area contributed by atoms with E-state index in [-0.39, 0.29) is 5.56 Å². The van der Waals surface area contributed by atoms with E-state index in [0.717, 1.165) is 22.4 Å². The zero-order chi connectivity index (χ0) is 14.7. The molecule has 0 spiro atoms. The molecule has 0 amide bonds. The molecule has 20 heavy (non-hydrogen) atoms. The highest BCUT2D eigenvalue weighted by Gasteiger charge is 2.12. The van der Waals surface area contributed by atoms with Gasteiger partial charge in [0, 0.05) is 5.56 Å². The summed E-state index contributed by atoms with van der Waals surface area (Å²) in [6.45, 7) is 1.97. The fraction of sp³-hybridized carbons (Fsp3) is 0.188. The van der Waals surface area contributed by atoms with E-state index in [2.05, 4.69) is 0 Å². The molecule has 0 aliphatic heterocycles. The van der Waals surface area contributed by atoms with Crippen LogP contribution in [0.4, 0.5) is 0 Å². The van der Waals surface area contributed by atoms with Crippen molar-refractivity contribution in [1.82, 2.24) is 0 Å². The minimum absolute atomic E-state index is 0.205. The Bertz CT molecular complexity index is 647. The number of carbonyl (C=O) groups is 1. The van der Waals surface area contributed by atoms with Gasteiger partial charge in [-0.05, 0) is 48.4 Å². The lowest BCUT2D eigenvalue weighted by Crippen LogP contribution is -1.98. The van der Waals surface area contributed by atoms with Gasteiger partial charge in [-0.3, -0.25) is 0 Å². The predicted octanol–water partition coefficient (Wildman–Crippen LogP) is 3.38. The van der Waals surface area contributed by atoms with Crippen molar-refractivity contribution in [3.63, 3.8) is 0 Å². The summed E-state index contributed by atoms with van der Waals surface area (Å²) >= 11 is 0. The van der Waals surface area contributed by atoms with Crippen LogP contribution < -0.4 is 9.47 Å². The monoisotopic (exact) mass is 272 g/mol. The Morgan fingerprint density at radius 1 is 1.00 bits per heavy atom. The molecule has 0 saturated carbocycles. The summed E-state index contributed by atoms with van der Waals surface area (Å²) in [4.78, 5) is 11.0. The normalized spacial score (nSPS) is 10.2. The van der Waals surface area contributed by atoms with Gasteiger partial charge in [0.25, 0.3) is 0 Å². The average molecular weight is 272 g/mol. The molecule has 0 bridgehead atoms. The van der Waals surface area contributed by atoms with Gasteiger partial charge in [0.2, 0.25) is 0 Å². The number of hydrogen-bond donors (Lipinski definition) is 1. The van der Waals surface area contributed by atoms with Crippen LogP contribution in [-0.2, 0) is 0 Å². The second kappa shape index (κ2) is 5.65. The molecular weight excluding hydrogens is 256 g/mol. The Kier molecular flexibility index (Phi) is 3.94. The van der Waals surface area contributed by atoms with E-state index in [1.54, 1.807) is 19.2 Å². The average Bonchev–Trinajstić information content (AvgIpc) is 2.46. The van der Waals surface area contributed by atoms with Crippen LogP contribution in [0, 0.1) is 6.92 Å². The third-order valence-electron chi connectivity index (χ3n) is 3.17. The number of aromatic carboxylic acids is 1. The highest BCUT2D eigenvalue weighted by Crippen LogP contribution is 2.34. The van der Waals surface area contributed by atoms with Crippen molar-refractivity contribution in [3.8, 4) is 22.6 Å². The maximum Gasteiger partial charge on any atom is 0.335 e. The molecule has 0 aromatic heterocycles. The van der Waals surface area contributed by atoms with Crippen molar-refractivity contribution < 1.29 is 19.4 Å². The first-order valence-electron chi connectivity index (χ1n) is 6.13.